The highest BCUT2D eigenvalue weighted by molar-refractivity contribution is 7.99. The molecule has 0 saturated carbocycles. The van der Waals surface area contributed by atoms with Gasteiger partial charge in [-0.05, 0) is 43.4 Å². The van der Waals surface area contributed by atoms with Crippen LogP contribution in [0, 0.1) is 0 Å². The first-order valence-corrected chi connectivity index (χ1v) is 10.0. The normalized spacial score (nSPS) is 24.1. The van der Waals surface area contributed by atoms with Crippen molar-refractivity contribution in [3.8, 4) is 5.75 Å². The molecule has 2 saturated heterocycles. The van der Waals surface area contributed by atoms with Crippen molar-refractivity contribution in [1.82, 2.24) is 4.90 Å². The highest BCUT2D eigenvalue weighted by atomic mass is 32.2. The van der Waals surface area contributed by atoms with Crippen LogP contribution in [0.3, 0.4) is 0 Å². The number of carbonyl (C=O) groups is 1. The van der Waals surface area contributed by atoms with Gasteiger partial charge in [0.05, 0.1) is 19.0 Å². The molecule has 0 N–H and O–H groups in total. The number of hydrogen-bond acceptors (Lipinski definition) is 4. The third kappa shape index (κ3) is 4.67. The molecule has 0 radical (unpaired) electrons. The molecule has 132 valence electrons. The van der Waals surface area contributed by atoms with Crippen molar-refractivity contribution in [3.63, 3.8) is 0 Å². The second-order valence-corrected chi connectivity index (χ2v) is 7.63. The van der Waals surface area contributed by atoms with Gasteiger partial charge >= 0.3 is 0 Å². The maximum absolute atomic E-state index is 12.4. The topological polar surface area (TPSA) is 38.8 Å². The molecule has 4 nitrogen and oxygen atoms in total. The van der Waals surface area contributed by atoms with Crippen LogP contribution in [-0.4, -0.2) is 55.2 Å². The summed E-state index contributed by atoms with van der Waals surface area (Å²) < 4.78 is 10.9. The Kier molecular flexibility index (Phi) is 6.44. The minimum atomic E-state index is 0.270. The van der Waals surface area contributed by atoms with Crippen LogP contribution in [0.2, 0.25) is 0 Å². The van der Waals surface area contributed by atoms with Gasteiger partial charge in [0.1, 0.15) is 5.75 Å². The summed E-state index contributed by atoms with van der Waals surface area (Å²) in [7, 11) is 1.68. The lowest BCUT2D eigenvalue weighted by atomic mass is 9.98. The van der Waals surface area contributed by atoms with Gasteiger partial charge in [-0.15, -0.1) is 11.8 Å². The van der Waals surface area contributed by atoms with E-state index in [0.29, 0.717) is 17.8 Å². The molecule has 1 aromatic carbocycles. The van der Waals surface area contributed by atoms with E-state index in [1.165, 1.54) is 18.4 Å². The number of ether oxygens (including phenoxy) is 2. The van der Waals surface area contributed by atoms with Crippen LogP contribution in [0.4, 0.5) is 0 Å². The van der Waals surface area contributed by atoms with Crippen LogP contribution in [0.15, 0.2) is 24.3 Å². The minimum Gasteiger partial charge on any atom is -0.497 e. The number of benzene rings is 1. The number of hydrogen-bond donors (Lipinski definition) is 0. The van der Waals surface area contributed by atoms with Gasteiger partial charge in [-0.3, -0.25) is 4.79 Å². The van der Waals surface area contributed by atoms with E-state index in [1.807, 2.05) is 17.0 Å². The van der Waals surface area contributed by atoms with Gasteiger partial charge in [0, 0.05) is 31.4 Å². The zero-order valence-electron chi connectivity index (χ0n) is 14.4. The Morgan fingerprint density at radius 2 is 2.12 bits per heavy atom. The average molecular weight is 349 g/mol. The molecule has 3 rings (SSSR count). The minimum absolute atomic E-state index is 0.270. The van der Waals surface area contributed by atoms with Gasteiger partial charge in [-0.2, -0.15) is 0 Å². The van der Waals surface area contributed by atoms with E-state index in [0.717, 1.165) is 44.0 Å². The third-order valence-corrected chi connectivity index (χ3v) is 5.99. The molecule has 0 bridgehead atoms. The first-order chi connectivity index (χ1) is 11.8. The Morgan fingerprint density at radius 3 is 2.83 bits per heavy atom. The molecule has 2 unspecified atom stereocenters. The third-order valence-electron chi connectivity index (χ3n) is 4.93. The van der Waals surface area contributed by atoms with E-state index in [1.54, 1.807) is 18.9 Å². The SMILES string of the molecule is COc1ccc(C2CCN(C(=O)CSCC3CCCCO3)C2)cc1. The van der Waals surface area contributed by atoms with Crippen LogP contribution in [-0.2, 0) is 9.53 Å². The van der Waals surface area contributed by atoms with Gasteiger partial charge in [-0.25, -0.2) is 0 Å². The monoisotopic (exact) mass is 349 g/mol. The number of thioether (sulfide) groups is 1. The predicted octanol–water partition coefficient (Wildman–Crippen LogP) is 3.31. The molecule has 0 spiro atoms. The molecule has 1 aromatic rings. The zero-order valence-corrected chi connectivity index (χ0v) is 15.2. The Balaban J connectivity index is 1.41. The Bertz CT molecular complexity index is 528. The summed E-state index contributed by atoms with van der Waals surface area (Å²) in [5, 5.41) is 0. The lowest BCUT2D eigenvalue weighted by Crippen LogP contribution is -2.30. The van der Waals surface area contributed by atoms with Crippen molar-refractivity contribution in [1.29, 1.82) is 0 Å². The molecule has 2 aliphatic rings. The predicted molar refractivity (Wildman–Crippen MR) is 97.8 cm³/mol. The fourth-order valence-electron chi connectivity index (χ4n) is 3.44. The first kappa shape index (κ1) is 17.6. The van der Waals surface area contributed by atoms with Crippen LogP contribution < -0.4 is 4.74 Å². The highest BCUT2D eigenvalue weighted by Crippen LogP contribution is 2.29. The van der Waals surface area contributed by atoms with Crippen molar-refractivity contribution < 1.29 is 14.3 Å². The van der Waals surface area contributed by atoms with E-state index in [9.17, 15) is 4.79 Å². The van der Waals surface area contributed by atoms with Crippen LogP contribution in [0.1, 0.15) is 37.2 Å². The largest absolute Gasteiger partial charge is 0.497 e. The van der Waals surface area contributed by atoms with Crippen molar-refractivity contribution in [2.24, 2.45) is 0 Å². The summed E-state index contributed by atoms with van der Waals surface area (Å²) in [6, 6.07) is 8.24. The Morgan fingerprint density at radius 1 is 1.29 bits per heavy atom. The van der Waals surface area contributed by atoms with Gasteiger partial charge in [0.25, 0.3) is 0 Å². The lowest BCUT2D eigenvalue weighted by Gasteiger charge is -2.22. The first-order valence-electron chi connectivity index (χ1n) is 8.87. The summed E-state index contributed by atoms with van der Waals surface area (Å²) >= 11 is 1.72. The molecular formula is C19H27NO3S. The standard InChI is InChI=1S/C19H27NO3S/c1-22-17-7-5-15(6-8-17)16-9-10-20(12-16)19(21)14-24-13-18-4-2-3-11-23-18/h5-8,16,18H,2-4,9-14H2,1H3. The molecule has 2 heterocycles. The summed E-state index contributed by atoms with van der Waals surface area (Å²) in [6.07, 6.45) is 4.98. The van der Waals surface area contributed by atoms with Gasteiger partial charge in [0.15, 0.2) is 0 Å². The molecule has 2 aliphatic heterocycles. The number of likely N-dealkylation sites (tertiary alicyclic amines) is 1. The molecular weight excluding hydrogens is 322 g/mol. The molecule has 0 aliphatic carbocycles. The Labute approximate surface area is 148 Å². The summed E-state index contributed by atoms with van der Waals surface area (Å²) in [4.78, 5) is 14.4. The van der Waals surface area contributed by atoms with E-state index >= 15 is 0 Å². The molecule has 2 atom stereocenters. The van der Waals surface area contributed by atoms with E-state index in [-0.39, 0.29) is 5.91 Å². The highest BCUT2D eigenvalue weighted by Gasteiger charge is 2.27. The average Bonchev–Trinajstić information content (AvgIpc) is 3.13. The Hall–Kier alpha value is -1.20. The summed E-state index contributed by atoms with van der Waals surface area (Å²) in [6.45, 7) is 2.59. The number of carbonyl (C=O) groups excluding carboxylic acids is 1. The van der Waals surface area contributed by atoms with Gasteiger partial charge in [-0.1, -0.05) is 12.1 Å². The van der Waals surface area contributed by atoms with Gasteiger partial charge in [0.2, 0.25) is 5.91 Å². The van der Waals surface area contributed by atoms with Crippen molar-refractivity contribution in [3.05, 3.63) is 29.8 Å². The quantitative estimate of drug-likeness (QED) is 0.790. The summed E-state index contributed by atoms with van der Waals surface area (Å²) in [5.41, 5.74) is 1.30. The summed E-state index contributed by atoms with van der Waals surface area (Å²) in [5.74, 6) is 3.13. The lowest BCUT2D eigenvalue weighted by molar-refractivity contribution is -0.127. The number of amides is 1. The molecule has 0 aromatic heterocycles. The van der Waals surface area contributed by atoms with E-state index < -0.39 is 0 Å². The van der Waals surface area contributed by atoms with Crippen LogP contribution in [0.5, 0.6) is 5.75 Å². The number of nitrogens with zero attached hydrogens (tertiary/aromatic N) is 1. The van der Waals surface area contributed by atoms with E-state index in [4.69, 9.17) is 9.47 Å². The van der Waals surface area contributed by atoms with E-state index in [2.05, 4.69) is 12.1 Å². The second kappa shape index (κ2) is 8.77. The zero-order chi connectivity index (χ0) is 16.8. The molecule has 2 fully saturated rings. The van der Waals surface area contributed by atoms with Crippen LogP contribution in [0.25, 0.3) is 0 Å². The smallest absolute Gasteiger partial charge is 0.232 e. The molecule has 5 heteroatoms. The second-order valence-electron chi connectivity index (χ2n) is 6.60. The van der Waals surface area contributed by atoms with Crippen molar-refractivity contribution in [2.75, 3.05) is 38.3 Å². The fraction of sp³-hybridized carbons (Fsp3) is 0.632. The van der Waals surface area contributed by atoms with Crippen molar-refractivity contribution in [2.45, 2.75) is 37.7 Å². The number of methoxy groups -OCH3 is 1. The van der Waals surface area contributed by atoms with Crippen molar-refractivity contribution >= 4 is 17.7 Å². The molecule has 1 amide bonds. The van der Waals surface area contributed by atoms with Gasteiger partial charge < -0.3 is 14.4 Å². The fourth-order valence-corrected chi connectivity index (χ4v) is 4.44. The van der Waals surface area contributed by atoms with Crippen LogP contribution >= 0.6 is 11.8 Å². The maximum atomic E-state index is 12.4. The number of rotatable bonds is 6. The maximum Gasteiger partial charge on any atom is 0.232 e. The molecule has 24 heavy (non-hydrogen) atoms.